The van der Waals surface area contributed by atoms with Crippen LogP contribution in [-0.4, -0.2) is 0 Å². The highest BCUT2D eigenvalue weighted by atomic mass is 19.4. The second-order valence-electron chi connectivity index (χ2n) is 6.39. The molecule has 3 heteroatoms. The molecule has 0 spiro atoms. The van der Waals surface area contributed by atoms with Crippen LogP contribution in [0.4, 0.5) is 13.2 Å². The van der Waals surface area contributed by atoms with E-state index in [1.165, 1.54) is 34.4 Å². The molecule has 2 aromatic rings. The molecule has 0 aromatic heterocycles. The summed E-state index contributed by atoms with van der Waals surface area (Å²) < 4.78 is 38.4. The van der Waals surface area contributed by atoms with Crippen molar-refractivity contribution in [3.05, 3.63) is 58.1 Å². The summed E-state index contributed by atoms with van der Waals surface area (Å²) in [5.74, 6) is 0. The van der Waals surface area contributed by atoms with Gasteiger partial charge in [0.2, 0.25) is 0 Å². The first kappa shape index (κ1) is 18.6. The van der Waals surface area contributed by atoms with Gasteiger partial charge in [0.05, 0.1) is 5.56 Å². The second-order valence-corrected chi connectivity index (χ2v) is 6.39. The van der Waals surface area contributed by atoms with Gasteiger partial charge in [0, 0.05) is 0 Å². The van der Waals surface area contributed by atoms with Gasteiger partial charge in [0.1, 0.15) is 0 Å². The van der Waals surface area contributed by atoms with Crippen LogP contribution in [0, 0.1) is 13.8 Å². The second kappa shape index (κ2) is 7.42. The van der Waals surface area contributed by atoms with Crippen molar-refractivity contribution < 1.29 is 13.2 Å². The Bertz CT molecular complexity index is 695. The maximum absolute atomic E-state index is 12.8. The third kappa shape index (κ3) is 3.82. The zero-order valence-electron chi connectivity index (χ0n) is 14.8. The van der Waals surface area contributed by atoms with Crippen LogP contribution < -0.4 is 0 Å². The minimum Gasteiger partial charge on any atom is -0.166 e. The number of aryl methyl sites for hydroxylation is 2. The predicted octanol–water partition coefficient (Wildman–Crippen LogP) is 6.89. The molecular formula is C21H25F3. The molecule has 130 valence electrons. The number of alkyl halides is 3. The van der Waals surface area contributed by atoms with Crippen molar-refractivity contribution in [1.82, 2.24) is 0 Å². The standard InChI is InChI=1S/C21H25F3/c1-5-7-17-13-18(8-6-2)20(15(4)14(17)3)16-9-11-19(12-10-16)21(22,23)24/h9-13H,5-8H2,1-4H3. The Morgan fingerprint density at radius 3 is 1.83 bits per heavy atom. The fourth-order valence-corrected chi connectivity index (χ4v) is 3.28. The van der Waals surface area contributed by atoms with E-state index in [0.717, 1.165) is 36.8 Å². The molecule has 0 N–H and O–H groups in total. The molecule has 0 saturated carbocycles. The van der Waals surface area contributed by atoms with Gasteiger partial charge in [-0.25, -0.2) is 0 Å². The Morgan fingerprint density at radius 2 is 1.33 bits per heavy atom. The largest absolute Gasteiger partial charge is 0.416 e. The summed E-state index contributed by atoms with van der Waals surface area (Å²) in [6.45, 7) is 8.49. The van der Waals surface area contributed by atoms with Crippen LogP contribution in [0.5, 0.6) is 0 Å². The van der Waals surface area contributed by atoms with Crippen LogP contribution in [-0.2, 0) is 19.0 Å². The van der Waals surface area contributed by atoms with Gasteiger partial charge >= 0.3 is 6.18 Å². The summed E-state index contributed by atoms with van der Waals surface area (Å²) in [5.41, 5.74) is 6.41. The molecule has 0 fully saturated rings. The van der Waals surface area contributed by atoms with Crippen molar-refractivity contribution in [3.63, 3.8) is 0 Å². The van der Waals surface area contributed by atoms with Crippen LogP contribution in [0.15, 0.2) is 30.3 Å². The zero-order chi connectivity index (χ0) is 17.9. The molecule has 0 unspecified atom stereocenters. The fourth-order valence-electron chi connectivity index (χ4n) is 3.28. The van der Waals surface area contributed by atoms with E-state index in [4.69, 9.17) is 0 Å². The Kier molecular flexibility index (Phi) is 5.74. The lowest BCUT2D eigenvalue weighted by Gasteiger charge is -2.19. The molecule has 0 aliphatic heterocycles. The van der Waals surface area contributed by atoms with Crippen molar-refractivity contribution in [2.24, 2.45) is 0 Å². The maximum Gasteiger partial charge on any atom is 0.416 e. The number of benzene rings is 2. The third-order valence-electron chi connectivity index (χ3n) is 4.63. The molecule has 0 saturated heterocycles. The van der Waals surface area contributed by atoms with Crippen LogP contribution in [0.3, 0.4) is 0 Å². The topological polar surface area (TPSA) is 0 Å². The molecule has 2 rings (SSSR count). The highest BCUT2D eigenvalue weighted by Gasteiger charge is 2.30. The smallest absolute Gasteiger partial charge is 0.166 e. The minimum atomic E-state index is -4.29. The SMILES string of the molecule is CCCc1cc(CCC)c(-c2ccc(C(F)(F)F)cc2)c(C)c1C. The molecule has 2 aromatic carbocycles. The van der Waals surface area contributed by atoms with Gasteiger partial charge < -0.3 is 0 Å². The summed E-state index contributed by atoms with van der Waals surface area (Å²) in [4.78, 5) is 0. The molecule has 0 atom stereocenters. The van der Waals surface area contributed by atoms with E-state index in [9.17, 15) is 13.2 Å². The van der Waals surface area contributed by atoms with Gasteiger partial charge in [-0.05, 0) is 72.2 Å². The van der Waals surface area contributed by atoms with E-state index >= 15 is 0 Å². The van der Waals surface area contributed by atoms with Crippen LogP contribution in [0.2, 0.25) is 0 Å². The molecule has 0 heterocycles. The Balaban J connectivity index is 2.58. The van der Waals surface area contributed by atoms with Crippen molar-refractivity contribution in [3.8, 4) is 11.1 Å². The van der Waals surface area contributed by atoms with Crippen LogP contribution in [0.25, 0.3) is 11.1 Å². The van der Waals surface area contributed by atoms with Gasteiger partial charge in [0.25, 0.3) is 0 Å². The van der Waals surface area contributed by atoms with E-state index in [1.807, 2.05) is 0 Å². The summed E-state index contributed by atoms with van der Waals surface area (Å²) in [6, 6.07) is 7.81. The number of hydrogen-bond donors (Lipinski definition) is 0. The number of halogens is 3. The van der Waals surface area contributed by atoms with Crippen LogP contribution >= 0.6 is 0 Å². The maximum atomic E-state index is 12.8. The van der Waals surface area contributed by atoms with Crippen LogP contribution in [0.1, 0.15) is 54.5 Å². The molecular weight excluding hydrogens is 309 g/mol. The average Bonchev–Trinajstić information content (AvgIpc) is 2.52. The van der Waals surface area contributed by atoms with E-state index in [0.29, 0.717) is 0 Å². The Morgan fingerprint density at radius 1 is 0.792 bits per heavy atom. The Hall–Kier alpha value is -1.77. The van der Waals surface area contributed by atoms with E-state index < -0.39 is 11.7 Å². The monoisotopic (exact) mass is 334 g/mol. The fraction of sp³-hybridized carbons (Fsp3) is 0.429. The first-order chi connectivity index (χ1) is 11.3. The molecule has 0 radical (unpaired) electrons. The molecule has 24 heavy (non-hydrogen) atoms. The lowest BCUT2D eigenvalue weighted by atomic mass is 9.86. The quantitative estimate of drug-likeness (QED) is 0.558. The van der Waals surface area contributed by atoms with Gasteiger partial charge in [-0.2, -0.15) is 13.2 Å². The minimum absolute atomic E-state index is 0.597. The van der Waals surface area contributed by atoms with Gasteiger partial charge in [-0.3, -0.25) is 0 Å². The molecule has 0 amide bonds. The zero-order valence-corrected chi connectivity index (χ0v) is 14.8. The average molecular weight is 334 g/mol. The summed E-state index contributed by atoms with van der Waals surface area (Å²) >= 11 is 0. The number of rotatable bonds is 5. The van der Waals surface area contributed by atoms with Gasteiger partial charge in [0.15, 0.2) is 0 Å². The van der Waals surface area contributed by atoms with E-state index in [2.05, 4.69) is 33.8 Å². The first-order valence-electron chi connectivity index (χ1n) is 8.59. The van der Waals surface area contributed by atoms with Gasteiger partial charge in [-0.15, -0.1) is 0 Å². The first-order valence-corrected chi connectivity index (χ1v) is 8.59. The lowest BCUT2D eigenvalue weighted by molar-refractivity contribution is -0.137. The highest BCUT2D eigenvalue weighted by molar-refractivity contribution is 5.73. The summed E-state index contributed by atoms with van der Waals surface area (Å²) in [5, 5.41) is 0. The van der Waals surface area contributed by atoms with Crippen molar-refractivity contribution >= 4 is 0 Å². The molecule has 0 aliphatic carbocycles. The molecule has 0 nitrogen and oxygen atoms in total. The normalized spacial score (nSPS) is 11.8. The van der Waals surface area contributed by atoms with E-state index in [1.54, 1.807) is 12.1 Å². The third-order valence-corrected chi connectivity index (χ3v) is 4.63. The summed E-state index contributed by atoms with van der Waals surface area (Å²) in [7, 11) is 0. The van der Waals surface area contributed by atoms with Crippen molar-refractivity contribution in [2.45, 2.75) is 59.6 Å². The van der Waals surface area contributed by atoms with E-state index in [-0.39, 0.29) is 0 Å². The van der Waals surface area contributed by atoms with Gasteiger partial charge in [-0.1, -0.05) is 44.9 Å². The molecule has 0 bridgehead atoms. The highest BCUT2D eigenvalue weighted by Crippen LogP contribution is 2.35. The number of hydrogen-bond acceptors (Lipinski definition) is 0. The predicted molar refractivity (Wildman–Crippen MR) is 94.3 cm³/mol. The Labute approximate surface area is 142 Å². The molecule has 0 aliphatic rings. The van der Waals surface area contributed by atoms with Crippen molar-refractivity contribution in [2.75, 3.05) is 0 Å². The van der Waals surface area contributed by atoms with Crippen molar-refractivity contribution in [1.29, 1.82) is 0 Å². The lowest BCUT2D eigenvalue weighted by Crippen LogP contribution is -2.05. The summed E-state index contributed by atoms with van der Waals surface area (Å²) in [6.07, 6.45) is -0.210.